The van der Waals surface area contributed by atoms with Gasteiger partial charge in [0.25, 0.3) is 12.3 Å². The molecule has 1 fully saturated rings. The highest BCUT2D eigenvalue weighted by molar-refractivity contribution is 7.15. The number of amides is 1. The lowest BCUT2D eigenvalue weighted by Gasteiger charge is -2.10. The van der Waals surface area contributed by atoms with E-state index < -0.39 is 18.5 Å². The van der Waals surface area contributed by atoms with Gasteiger partial charge < -0.3 is 10.6 Å². The van der Waals surface area contributed by atoms with E-state index in [1.54, 1.807) is 41.7 Å². The smallest absolute Gasteiger partial charge is 0.281 e. The average Bonchev–Trinajstić information content (AvgIpc) is 3.51. The summed E-state index contributed by atoms with van der Waals surface area (Å²) < 4.78 is 43.2. The van der Waals surface area contributed by atoms with Crippen molar-refractivity contribution in [2.75, 3.05) is 18.0 Å². The minimum absolute atomic E-state index is 0.0626. The zero-order valence-corrected chi connectivity index (χ0v) is 18.5. The standard InChI is InChI=1S/C20H19F3N8OS/c1-9-14(17(22)23)26-19(33-9)13-15(27-29(2)16(13)18(24)32)10-3-6-31-12(7-10)25-20(28-31)30-5-4-11(21)8-30/h3,6-7,11,17H,4-5,8H2,1-2H3,(H2,24,32)/t11-/m1/s1. The first kappa shape index (κ1) is 21.4. The second-order valence-corrected chi connectivity index (χ2v) is 8.99. The van der Waals surface area contributed by atoms with E-state index in [0.717, 1.165) is 11.3 Å². The molecule has 2 N–H and O–H groups in total. The van der Waals surface area contributed by atoms with Crippen LogP contribution in [0.25, 0.3) is 27.5 Å². The lowest BCUT2D eigenvalue weighted by Crippen LogP contribution is -2.21. The number of aryl methyl sites for hydroxylation is 2. The number of fused-ring (bicyclic) bond motifs is 1. The Labute approximate surface area is 189 Å². The summed E-state index contributed by atoms with van der Waals surface area (Å²) in [5.41, 5.74) is 7.03. The van der Waals surface area contributed by atoms with Crippen molar-refractivity contribution < 1.29 is 18.0 Å². The number of pyridine rings is 1. The van der Waals surface area contributed by atoms with Crippen LogP contribution in [0.1, 0.15) is 33.9 Å². The molecule has 0 saturated carbocycles. The van der Waals surface area contributed by atoms with Gasteiger partial charge in [0, 0.05) is 30.2 Å². The molecule has 33 heavy (non-hydrogen) atoms. The number of nitrogens with two attached hydrogens (primary N) is 1. The van der Waals surface area contributed by atoms with Crippen molar-refractivity contribution in [1.82, 2.24) is 29.4 Å². The fourth-order valence-electron chi connectivity index (χ4n) is 3.98. The SMILES string of the molecule is Cc1sc(-c2c(-c3ccn4nc(N5CC[C@@H](F)C5)nc4c3)nn(C)c2C(N)=O)nc1C(F)F. The second-order valence-electron chi connectivity index (χ2n) is 7.78. The first-order valence-corrected chi connectivity index (χ1v) is 10.9. The summed E-state index contributed by atoms with van der Waals surface area (Å²) in [6.07, 6.45) is -1.55. The number of rotatable bonds is 5. The zero-order chi connectivity index (χ0) is 23.4. The van der Waals surface area contributed by atoms with E-state index in [0.29, 0.717) is 40.7 Å². The van der Waals surface area contributed by atoms with Crippen LogP contribution in [-0.2, 0) is 7.05 Å². The molecule has 5 rings (SSSR count). The Morgan fingerprint density at radius 1 is 1.30 bits per heavy atom. The predicted octanol–water partition coefficient (Wildman–Crippen LogP) is 3.15. The number of alkyl halides is 3. The van der Waals surface area contributed by atoms with Gasteiger partial charge in [0.05, 0.1) is 12.1 Å². The molecule has 1 saturated heterocycles. The molecule has 9 nitrogen and oxygen atoms in total. The number of primary amides is 1. The van der Waals surface area contributed by atoms with Crippen molar-refractivity contribution >= 4 is 28.8 Å². The number of halogens is 3. The van der Waals surface area contributed by atoms with Gasteiger partial charge in [-0.05, 0) is 25.5 Å². The number of anilines is 1. The summed E-state index contributed by atoms with van der Waals surface area (Å²) in [5, 5.41) is 9.07. The summed E-state index contributed by atoms with van der Waals surface area (Å²) in [4.78, 5) is 22.9. The van der Waals surface area contributed by atoms with Crippen LogP contribution in [0.15, 0.2) is 18.3 Å². The Kier molecular flexibility index (Phi) is 5.07. The van der Waals surface area contributed by atoms with E-state index in [1.807, 2.05) is 0 Å². The van der Waals surface area contributed by atoms with Crippen LogP contribution in [0, 0.1) is 6.92 Å². The molecule has 4 aromatic rings. The number of thiazole rings is 1. The predicted molar refractivity (Wildman–Crippen MR) is 116 cm³/mol. The van der Waals surface area contributed by atoms with Crippen molar-refractivity contribution in [3.05, 3.63) is 34.6 Å². The van der Waals surface area contributed by atoms with Crippen molar-refractivity contribution in [3.63, 3.8) is 0 Å². The molecule has 0 spiro atoms. The molecule has 0 unspecified atom stereocenters. The van der Waals surface area contributed by atoms with Gasteiger partial charge in [-0.2, -0.15) is 10.1 Å². The molecule has 0 radical (unpaired) electrons. The van der Waals surface area contributed by atoms with Gasteiger partial charge in [-0.25, -0.2) is 22.7 Å². The highest BCUT2D eigenvalue weighted by Gasteiger charge is 2.28. The molecule has 4 aromatic heterocycles. The summed E-state index contributed by atoms with van der Waals surface area (Å²) in [7, 11) is 1.55. The van der Waals surface area contributed by atoms with Crippen molar-refractivity contribution in [2.24, 2.45) is 12.8 Å². The zero-order valence-electron chi connectivity index (χ0n) is 17.7. The number of aromatic nitrogens is 6. The number of carbonyl (C=O) groups is 1. The molecule has 0 aliphatic carbocycles. The first-order chi connectivity index (χ1) is 15.7. The molecule has 1 aliphatic rings. The van der Waals surface area contributed by atoms with Crippen LogP contribution in [-0.4, -0.2) is 54.5 Å². The minimum atomic E-state index is -2.74. The summed E-state index contributed by atoms with van der Waals surface area (Å²) in [5.74, 6) is -0.332. The second kappa shape index (κ2) is 7.83. The fourth-order valence-corrected chi connectivity index (χ4v) is 4.95. The van der Waals surface area contributed by atoms with E-state index in [4.69, 9.17) is 5.73 Å². The molecule has 1 atom stereocenters. The topological polar surface area (TPSA) is 107 Å². The number of hydrogen-bond donors (Lipinski definition) is 1. The molecule has 0 aromatic carbocycles. The molecule has 13 heteroatoms. The average molecular weight is 476 g/mol. The molecule has 0 bridgehead atoms. The number of carbonyl (C=O) groups excluding carboxylic acids is 1. The summed E-state index contributed by atoms with van der Waals surface area (Å²) >= 11 is 1.05. The number of hydrogen-bond acceptors (Lipinski definition) is 7. The Bertz CT molecular complexity index is 1380. The largest absolute Gasteiger partial charge is 0.364 e. The van der Waals surface area contributed by atoms with E-state index in [-0.39, 0.29) is 28.5 Å². The molecule has 1 aliphatic heterocycles. The van der Waals surface area contributed by atoms with Crippen LogP contribution in [0.5, 0.6) is 0 Å². The van der Waals surface area contributed by atoms with Crippen LogP contribution in [0.3, 0.4) is 0 Å². The maximum atomic E-state index is 13.6. The van der Waals surface area contributed by atoms with E-state index in [2.05, 4.69) is 20.2 Å². The summed E-state index contributed by atoms with van der Waals surface area (Å²) in [6, 6.07) is 3.43. The lowest BCUT2D eigenvalue weighted by molar-refractivity contribution is 0.0992. The monoisotopic (exact) mass is 476 g/mol. The Morgan fingerprint density at radius 2 is 2.09 bits per heavy atom. The van der Waals surface area contributed by atoms with E-state index >= 15 is 0 Å². The van der Waals surface area contributed by atoms with Crippen molar-refractivity contribution in [3.8, 4) is 21.8 Å². The molecule has 1 amide bonds. The van der Waals surface area contributed by atoms with Crippen molar-refractivity contribution in [2.45, 2.75) is 25.9 Å². The highest BCUT2D eigenvalue weighted by atomic mass is 32.1. The maximum Gasteiger partial charge on any atom is 0.281 e. The van der Waals surface area contributed by atoms with Crippen molar-refractivity contribution in [1.29, 1.82) is 0 Å². The lowest BCUT2D eigenvalue weighted by atomic mass is 10.1. The van der Waals surface area contributed by atoms with E-state index in [9.17, 15) is 18.0 Å². The van der Waals surface area contributed by atoms with Crippen LogP contribution in [0.4, 0.5) is 19.1 Å². The molecule has 172 valence electrons. The van der Waals surface area contributed by atoms with Crippen LogP contribution in [0.2, 0.25) is 0 Å². The van der Waals surface area contributed by atoms with E-state index in [1.165, 1.54) is 4.68 Å². The third-order valence-electron chi connectivity index (χ3n) is 5.55. The Balaban J connectivity index is 1.64. The minimum Gasteiger partial charge on any atom is -0.364 e. The Morgan fingerprint density at radius 3 is 2.73 bits per heavy atom. The van der Waals surface area contributed by atoms with Gasteiger partial charge in [-0.1, -0.05) is 0 Å². The quantitative estimate of drug-likeness (QED) is 0.474. The van der Waals surface area contributed by atoms with Gasteiger partial charge >= 0.3 is 0 Å². The van der Waals surface area contributed by atoms with Gasteiger partial charge in [-0.15, -0.1) is 16.4 Å². The normalized spacial score (nSPS) is 16.4. The van der Waals surface area contributed by atoms with Gasteiger partial charge in [0.15, 0.2) is 5.65 Å². The van der Waals surface area contributed by atoms with Gasteiger partial charge in [-0.3, -0.25) is 9.48 Å². The van der Waals surface area contributed by atoms with Crippen LogP contribution < -0.4 is 10.6 Å². The fraction of sp³-hybridized carbons (Fsp3) is 0.350. The third kappa shape index (κ3) is 3.61. The van der Waals surface area contributed by atoms with Crippen LogP contribution >= 0.6 is 11.3 Å². The first-order valence-electron chi connectivity index (χ1n) is 10.1. The molecular weight excluding hydrogens is 457 g/mol. The maximum absolute atomic E-state index is 13.6. The number of nitrogens with zero attached hydrogens (tertiary/aromatic N) is 7. The Hall–Kier alpha value is -3.48. The molecule has 5 heterocycles. The van der Waals surface area contributed by atoms with Gasteiger partial charge in [0.2, 0.25) is 5.95 Å². The molecular formula is C20H19F3N8OS. The highest BCUT2D eigenvalue weighted by Crippen LogP contribution is 2.39. The summed E-state index contributed by atoms with van der Waals surface area (Å²) in [6.45, 7) is 2.33. The third-order valence-corrected chi connectivity index (χ3v) is 6.55. The van der Waals surface area contributed by atoms with Gasteiger partial charge in [0.1, 0.15) is 28.3 Å².